The Hall–Kier alpha value is -1.22. The first-order valence-corrected chi connectivity index (χ1v) is 18.1. The van der Waals surface area contributed by atoms with Gasteiger partial charge in [0.05, 0.1) is 48.5 Å². The maximum Gasteiger partial charge on any atom is 0.311 e. The van der Waals surface area contributed by atoms with Crippen molar-refractivity contribution in [2.75, 3.05) is 14.1 Å². The van der Waals surface area contributed by atoms with Crippen LogP contribution in [0.5, 0.6) is 0 Å². The van der Waals surface area contributed by atoms with Gasteiger partial charge >= 0.3 is 11.9 Å². The molecule has 44 heavy (non-hydrogen) atoms. The highest BCUT2D eigenvalue weighted by molar-refractivity contribution is 5.73. The first-order valence-electron chi connectivity index (χ1n) is 18.1. The minimum absolute atomic E-state index is 0.0423. The van der Waals surface area contributed by atoms with Gasteiger partial charge in [-0.1, -0.05) is 47.5 Å². The number of esters is 2. The molecule has 0 aliphatic carbocycles. The monoisotopic (exact) mass is 621 g/mol. The summed E-state index contributed by atoms with van der Waals surface area (Å²) in [5.74, 6) is -0.882. The normalized spacial score (nSPS) is 40.2. The average molecular weight is 622 g/mol. The molecule has 13 atom stereocenters. The van der Waals surface area contributed by atoms with Crippen LogP contribution < -0.4 is 0 Å². The smallest absolute Gasteiger partial charge is 0.311 e. The van der Waals surface area contributed by atoms with Gasteiger partial charge in [0.1, 0.15) is 12.2 Å². The van der Waals surface area contributed by atoms with Gasteiger partial charge in [0, 0.05) is 24.3 Å². The largest absolute Gasteiger partial charge is 0.462 e. The van der Waals surface area contributed by atoms with Crippen molar-refractivity contribution < 1.29 is 33.3 Å². The van der Waals surface area contributed by atoms with Crippen LogP contribution in [0.2, 0.25) is 0 Å². The summed E-state index contributed by atoms with van der Waals surface area (Å²) < 4.78 is 32.4. The van der Waals surface area contributed by atoms with E-state index >= 15 is 0 Å². The molecule has 4 saturated heterocycles. The second-order valence-corrected chi connectivity index (χ2v) is 14.7. The zero-order valence-corrected chi connectivity index (χ0v) is 29.0. The third kappa shape index (κ3) is 8.77. The molecule has 0 aromatic rings. The van der Waals surface area contributed by atoms with Crippen LogP contribution in [0, 0.1) is 23.7 Å². The summed E-state index contributed by atoms with van der Waals surface area (Å²) in [6.45, 7) is 12.7. The fourth-order valence-electron chi connectivity index (χ4n) is 8.21. The van der Waals surface area contributed by atoms with Crippen LogP contribution in [-0.4, -0.2) is 85.8 Å². The summed E-state index contributed by atoms with van der Waals surface area (Å²) in [6, 6.07) is 0.512. The first-order chi connectivity index (χ1) is 21.1. The minimum atomic E-state index is -0.365. The van der Waals surface area contributed by atoms with Gasteiger partial charge in [0.25, 0.3) is 0 Å². The topological polar surface area (TPSA) is 83.5 Å². The Labute approximate surface area is 267 Å². The van der Waals surface area contributed by atoms with E-state index in [9.17, 15) is 9.59 Å². The lowest BCUT2D eigenvalue weighted by molar-refractivity contribution is -0.172. The third-order valence-electron chi connectivity index (χ3n) is 11.3. The van der Waals surface area contributed by atoms with E-state index in [0.29, 0.717) is 18.9 Å². The van der Waals surface area contributed by atoms with Crippen LogP contribution in [0.15, 0.2) is 0 Å². The number of ether oxygens (including phenoxy) is 5. The highest BCUT2D eigenvalue weighted by Gasteiger charge is 2.44. The van der Waals surface area contributed by atoms with Crippen molar-refractivity contribution in [2.24, 2.45) is 23.7 Å². The van der Waals surface area contributed by atoms with Gasteiger partial charge in [0.2, 0.25) is 0 Å². The Balaban J connectivity index is 1.51. The molecule has 0 aromatic carbocycles. The highest BCUT2D eigenvalue weighted by atomic mass is 16.6. The van der Waals surface area contributed by atoms with Gasteiger partial charge in [-0.3, -0.25) is 9.59 Å². The second-order valence-electron chi connectivity index (χ2n) is 14.7. The van der Waals surface area contributed by atoms with E-state index in [1.54, 1.807) is 0 Å². The lowest BCUT2D eigenvalue weighted by atomic mass is 9.90. The van der Waals surface area contributed by atoms with Crippen molar-refractivity contribution in [3.63, 3.8) is 0 Å². The lowest BCUT2D eigenvalue weighted by Gasteiger charge is -2.34. The van der Waals surface area contributed by atoms with E-state index in [4.69, 9.17) is 23.7 Å². The van der Waals surface area contributed by atoms with Crippen molar-refractivity contribution >= 4 is 11.9 Å². The van der Waals surface area contributed by atoms with Crippen LogP contribution in [-0.2, 0) is 33.3 Å². The molecule has 0 saturated carbocycles. The first kappa shape index (κ1) is 35.6. The summed E-state index contributed by atoms with van der Waals surface area (Å²) in [5, 5.41) is 0. The molecule has 4 aliphatic heterocycles. The van der Waals surface area contributed by atoms with Crippen LogP contribution in [0.1, 0.15) is 125 Å². The number of hydrogen-bond donors (Lipinski definition) is 0. The predicted molar refractivity (Wildman–Crippen MR) is 171 cm³/mol. The summed E-state index contributed by atoms with van der Waals surface area (Å²) >= 11 is 0. The SMILES string of the molecule is CCCC1OC(=O)C(CC)C2CCC(CC(C(C)C3CCC(CC(CCC)N(C)C)O3)OC(=O)C(C)C3CCC(O3)C1C)O2. The van der Waals surface area contributed by atoms with E-state index in [0.717, 1.165) is 64.2 Å². The number of cyclic esters (lactones) is 2. The van der Waals surface area contributed by atoms with Gasteiger partial charge in [-0.15, -0.1) is 0 Å². The van der Waals surface area contributed by atoms with Crippen molar-refractivity contribution in [3.05, 3.63) is 0 Å². The molecule has 0 amide bonds. The maximum atomic E-state index is 13.7. The van der Waals surface area contributed by atoms with Crippen LogP contribution in [0.25, 0.3) is 0 Å². The van der Waals surface area contributed by atoms with E-state index in [1.807, 2.05) is 13.8 Å². The summed E-state index contributed by atoms with van der Waals surface area (Å²) in [7, 11) is 4.32. The fraction of sp³-hybridized carbons (Fsp3) is 0.944. The molecule has 8 heteroatoms. The second kappa shape index (κ2) is 16.6. The quantitative estimate of drug-likeness (QED) is 0.249. The Kier molecular flexibility index (Phi) is 13.4. The molecule has 254 valence electrons. The van der Waals surface area contributed by atoms with E-state index in [1.165, 1.54) is 6.42 Å². The van der Waals surface area contributed by atoms with Gasteiger partial charge in [-0.05, 0) is 85.2 Å². The van der Waals surface area contributed by atoms with Gasteiger partial charge in [-0.25, -0.2) is 0 Å². The van der Waals surface area contributed by atoms with E-state index < -0.39 is 0 Å². The van der Waals surface area contributed by atoms with E-state index in [-0.39, 0.29) is 84.4 Å². The molecule has 0 N–H and O–H groups in total. The fourth-order valence-corrected chi connectivity index (χ4v) is 8.21. The summed E-state index contributed by atoms with van der Waals surface area (Å²) in [5.41, 5.74) is 0. The zero-order chi connectivity index (χ0) is 32.0. The van der Waals surface area contributed by atoms with Crippen molar-refractivity contribution in [1.82, 2.24) is 4.90 Å². The number of carbonyl (C=O) groups is 2. The molecule has 4 bridgehead atoms. The third-order valence-corrected chi connectivity index (χ3v) is 11.3. The van der Waals surface area contributed by atoms with Gasteiger partial charge in [0.15, 0.2) is 0 Å². The molecule has 0 spiro atoms. The Morgan fingerprint density at radius 3 is 2.20 bits per heavy atom. The van der Waals surface area contributed by atoms with Gasteiger partial charge < -0.3 is 28.6 Å². The molecule has 4 aliphatic rings. The number of fused-ring (bicyclic) bond motifs is 4. The molecular formula is C36H63NO7. The zero-order valence-electron chi connectivity index (χ0n) is 29.0. The molecule has 4 fully saturated rings. The maximum absolute atomic E-state index is 13.7. The number of hydrogen-bond acceptors (Lipinski definition) is 8. The van der Waals surface area contributed by atoms with Crippen LogP contribution >= 0.6 is 0 Å². The molecule has 4 rings (SSSR count). The Morgan fingerprint density at radius 2 is 1.52 bits per heavy atom. The average Bonchev–Trinajstić information content (AvgIpc) is 3.77. The molecular weight excluding hydrogens is 558 g/mol. The van der Waals surface area contributed by atoms with Crippen molar-refractivity contribution in [2.45, 2.75) is 180 Å². The minimum Gasteiger partial charge on any atom is -0.462 e. The Morgan fingerprint density at radius 1 is 0.795 bits per heavy atom. The highest BCUT2D eigenvalue weighted by Crippen LogP contribution is 2.39. The molecule has 8 nitrogen and oxygen atoms in total. The molecule has 13 unspecified atom stereocenters. The molecule has 4 heterocycles. The number of nitrogens with zero attached hydrogens (tertiary/aromatic N) is 1. The van der Waals surface area contributed by atoms with Gasteiger partial charge in [-0.2, -0.15) is 0 Å². The lowest BCUT2D eigenvalue weighted by Crippen LogP contribution is -2.41. The standard InChI is InChI=1S/C36H63NO7/c1-9-12-25(37(7)8)20-26-14-16-30(40-26)23(5)34-21-27-15-17-33(41-27)28(11-3)36(39)43-29(13-10-2)22(4)31-18-19-32(42-31)24(6)35(38)44-34/h22-34H,9-21H2,1-8H3. The van der Waals surface area contributed by atoms with Crippen LogP contribution in [0.4, 0.5) is 0 Å². The van der Waals surface area contributed by atoms with Crippen LogP contribution in [0.3, 0.4) is 0 Å². The Bertz CT molecular complexity index is 913. The van der Waals surface area contributed by atoms with E-state index in [2.05, 4.69) is 46.7 Å². The summed E-state index contributed by atoms with van der Waals surface area (Å²) in [4.78, 5) is 29.6. The number of carbonyl (C=O) groups excluding carboxylic acids is 2. The number of rotatable bonds is 10. The molecule has 0 radical (unpaired) electrons. The van der Waals surface area contributed by atoms with Crippen molar-refractivity contribution in [1.29, 1.82) is 0 Å². The molecule has 0 aromatic heterocycles. The predicted octanol–water partition coefficient (Wildman–Crippen LogP) is 6.71. The van der Waals surface area contributed by atoms with Crippen molar-refractivity contribution in [3.8, 4) is 0 Å². The summed E-state index contributed by atoms with van der Waals surface area (Å²) in [6.07, 6.45) is 11.0.